The summed E-state index contributed by atoms with van der Waals surface area (Å²) in [5.41, 5.74) is 2.28. The van der Waals surface area contributed by atoms with Crippen molar-refractivity contribution in [2.45, 2.75) is 19.8 Å². The molecule has 0 fully saturated rings. The molecule has 0 radical (unpaired) electrons. The third kappa shape index (κ3) is 4.31. The average molecular weight is 286 g/mol. The highest BCUT2D eigenvalue weighted by Crippen LogP contribution is 2.17. The lowest BCUT2D eigenvalue weighted by molar-refractivity contribution is -0.114. The monoisotopic (exact) mass is 286 g/mol. The predicted molar refractivity (Wildman–Crippen MR) is 84.1 cm³/mol. The Morgan fingerprint density at radius 1 is 1.10 bits per heavy atom. The van der Waals surface area contributed by atoms with E-state index in [-0.39, 0.29) is 18.3 Å². The van der Waals surface area contributed by atoms with Crippen LogP contribution in [0.4, 0.5) is 15.8 Å². The second kappa shape index (κ2) is 6.88. The lowest BCUT2D eigenvalue weighted by Gasteiger charge is -2.10. The van der Waals surface area contributed by atoms with Crippen molar-refractivity contribution in [2.75, 3.05) is 17.2 Å². The second-order valence-corrected chi connectivity index (χ2v) is 5.16. The molecule has 0 heterocycles. The fourth-order valence-electron chi connectivity index (χ4n) is 1.94. The van der Waals surface area contributed by atoms with Gasteiger partial charge in [0.25, 0.3) is 0 Å². The summed E-state index contributed by atoms with van der Waals surface area (Å²) in [6.07, 6.45) is 0. The number of amides is 1. The average Bonchev–Trinajstić information content (AvgIpc) is 2.47. The number of carbonyl (C=O) groups excluding carboxylic acids is 1. The molecular weight excluding hydrogens is 267 g/mol. The van der Waals surface area contributed by atoms with Crippen LogP contribution < -0.4 is 10.6 Å². The molecule has 0 spiro atoms. The number of halogens is 1. The van der Waals surface area contributed by atoms with Crippen LogP contribution in [0, 0.1) is 5.82 Å². The molecular formula is C17H19FN2O. The molecule has 110 valence electrons. The normalized spacial score (nSPS) is 10.5. The molecule has 21 heavy (non-hydrogen) atoms. The number of rotatable bonds is 5. The summed E-state index contributed by atoms with van der Waals surface area (Å²) in [5.74, 6) is -0.125. The minimum absolute atomic E-state index is 0.0207. The number of para-hydroxylation sites is 1. The summed E-state index contributed by atoms with van der Waals surface area (Å²) in [6.45, 7) is 4.25. The largest absolute Gasteiger partial charge is 0.374 e. The smallest absolute Gasteiger partial charge is 0.243 e. The Morgan fingerprint density at radius 3 is 2.38 bits per heavy atom. The molecule has 3 nitrogen and oxygen atoms in total. The first-order chi connectivity index (χ1) is 10.1. The fraction of sp³-hybridized carbons (Fsp3) is 0.235. The van der Waals surface area contributed by atoms with Crippen molar-refractivity contribution in [3.63, 3.8) is 0 Å². The maximum atomic E-state index is 13.4. The van der Waals surface area contributed by atoms with Gasteiger partial charge in [-0.05, 0) is 35.7 Å². The second-order valence-electron chi connectivity index (χ2n) is 5.16. The molecule has 0 unspecified atom stereocenters. The summed E-state index contributed by atoms with van der Waals surface area (Å²) in [4.78, 5) is 11.8. The Hall–Kier alpha value is -2.36. The molecule has 2 rings (SSSR count). The highest BCUT2D eigenvalue weighted by Gasteiger charge is 2.05. The van der Waals surface area contributed by atoms with Crippen molar-refractivity contribution in [3.05, 3.63) is 59.9 Å². The number of nitrogens with one attached hydrogen (secondary N) is 2. The van der Waals surface area contributed by atoms with E-state index in [0.29, 0.717) is 11.6 Å². The van der Waals surface area contributed by atoms with E-state index in [2.05, 4.69) is 24.5 Å². The molecule has 0 bridgehead atoms. The van der Waals surface area contributed by atoms with Crippen LogP contribution in [0.2, 0.25) is 0 Å². The predicted octanol–water partition coefficient (Wildman–Crippen LogP) is 4.00. The van der Waals surface area contributed by atoms with Crippen LogP contribution in [0.1, 0.15) is 25.3 Å². The van der Waals surface area contributed by atoms with Gasteiger partial charge in [0.15, 0.2) is 0 Å². The first-order valence-electron chi connectivity index (χ1n) is 6.94. The number of hydrogen-bond donors (Lipinski definition) is 2. The summed E-state index contributed by atoms with van der Waals surface area (Å²) in [5, 5.41) is 5.55. The van der Waals surface area contributed by atoms with Gasteiger partial charge in [-0.25, -0.2) is 4.39 Å². The van der Waals surface area contributed by atoms with E-state index in [1.165, 1.54) is 11.6 Å². The third-order valence-electron chi connectivity index (χ3n) is 3.17. The Labute approximate surface area is 124 Å². The van der Waals surface area contributed by atoms with Gasteiger partial charge in [-0.15, -0.1) is 0 Å². The molecule has 2 aromatic carbocycles. The lowest BCUT2D eigenvalue weighted by atomic mass is 10.0. The summed E-state index contributed by atoms with van der Waals surface area (Å²) >= 11 is 0. The van der Waals surface area contributed by atoms with Gasteiger partial charge in [-0.2, -0.15) is 0 Å². The van der Waals surface area contributed by atoms with Gasteiger partial charge in [0.2, 0.25) is 5.91 Å². The van der Waals surface area contributed by atoms with E-state index in [1.807, 2.05) is 24.3 Å². The van der Waals surface area contributed by atoms with E-state index in [0.717, 1.165) is 5.69 Å². The van der Waals surface area contributed by atoms with Crippen molar-refractivity contribution in [1.82, 2.24) is 0 Å². The Bertz CT molecular complexity index is 608. The molecule has 0 saturated carbocycles. The van der Waals surface area contributed by atoms with E-state index >= 15 is 0 Å². The highest BCUT2D eigenvalue weighted by molar-refractivity contribution is 5.93. The Kier molecular flexibility index (Phi) is 4.93. The highest BCUT2D eigenvalue weighted by atomic mass is 19.1. The summed E-state index contributed by atoms with van der Waals surface area (Å²) in [6, 6.07) is 14.0. The van der Waals surface area contributed by atoms with Gasteiger partial charge in [-0.3, -0.25) is 4.79 Å². The van der Waals surface area contributed by atoms with Gasteiger partial charge in [-0.1, -0.05) is 38.1 Å². The van der Waals surface area contributed by atoms with Gasteiger partial charge in [0.1, 0.15) is 5.82 Å². The van der Waals surface area contributed by atoms with Crippen LogP contribution in [0.25, 0.3) is 0 Å². The van der Waals surface area contributed by atoms with Crippen molar-refractivity contribution in [2.24, 2.45) is 0 Å². The van der Waals surface area contributed by atoms with Gasteiger partial charge >= 0.3 is 0 Å². The van der Waals surface area contributed by atoms with E-state index in [1.54, 1.807) is 18.2 Å². The molecule has 2 N–H and O–H groups in total. The van der Waals surface area contributed by atoms with E-state index in [4.69, 9.17) is 0 Å². The number of anilines is 2. The van der Waals surface area contributed by atoms with Crippen LogP contribution >= 0.6 is 0 Å². The summed E-state index contributed by atoms with van der Waals surface area (Å²) in [7, 11) is 0. The van der Waals surface area contributed by atoms with Crippen molar-refractivity contribution >= 4 is 17.3 Å². The fourth-order valence-corrected chi connectivity index (χ4v) is 1.94. The maximum Gasteiger partial charge on any atom is 0.243 e. The molecule has 0 aliphatic rings. The molecule has 0 aliphatic heterocycles. The lowest BCUT2D eigenvalue weighted by Crippen LogP contribution is -2.22. The number of hydrogen-bond acceptors (Lipinski definition) is 2. The van der Waals surface area contributed by atoms with Gasteiger partial charge in [0.05, 0.1) is 12.2 Å². The third-order valence-corrected chi connectivity index (χ3v) is 3.17. The SMILES string of the molecule is CC(C)c1ccc(NC(=O)CNc2ccccc2F)cc1. The standard InChI is InChI=1S/C17H19FN2O/c1-12(2)13-7-9-14(10-8-13)20-17(21)11-19-16-6-4-3-5-15(16)18/h3-10,12,19H,11H2,1-2H3,(H,20,21). The van der Waals surface area contributed by atoms with Crippen molar-refractivity contribution in [1.29, 1.82) is 0 Å². The first kappa shape index (κ1) is 15.0. The van der Waals surface area contributed by atoms with Crippen LogP contribution in [-0.4, -0.2) is 12.5 Å². The van der Waals surface area contributed by atoms with Crippen LogP contribution in [0.15, 0.2) is 48.5 Å². The zero-order valence-corrected chi connectivity index (χ0v) is 12.2. The van der Waals surface area contributed by atoms with Crippen molar-refractivity contribution in [3.8, 4) is 0 Å². The number of carbonyl (C=O) groups is 1. The minimum atomic E-state index is -0.369. The topological polar surface area (TPSA) is 41.1 Å². The molecule has 4 heteroatoms. The van der Waals surface area contributed by atoms with Gasteiger partial charge in [0, 0.05) is 5.69 Å². The van der Waals surface area contributed by atoms with Crippen LogP contribution in [-0.2, 0) is 4.79 Å². The Balaban J connectivity index is 1.88. The van der Waals surface area contributed by atoms with Crippen molar-refractivity contribution < 1.29 is 9.18 Å². The zero-order valence-electron chi connectivity index (χ0n) is 12.2. The quantitative estimate of drug-likeness (QED) is 0.872. The molecule has 2 aromatic rings. The van der Waals surface area contributed by atoms with Crippen LogP contribution in [0.5, 0.6) is 0 Å². The first-order valence-corrected chi connectivity index (χ1v) is 6.94. The zero-order chi connectivity index (χ0) is 15.2. The van der Waals surface area contributed by atoms with E-state index in [9.17, 15) is 9.18 Å². The molecule has 0 atom stereocenters. The molecule has 0 saturated heterocycles. The molecule has 0 aliphatic carbocycles. The minimum Gasteiger partial charge on any atom is -0.374 e. The van der Waals surface area contributed by atoms with Gasteiger partial charge < -0.3 is 10.6 Å². The maximum absolute atomic E-state index is 13.4. The van der Waals surface area contributed by atoms with Crippen LogP contribution in [0.3, 0.4) is 0 Å². The van der Waals surface area contributed by atoms with E-state index < -0.39 is 0 Å². The Morgan fingerprint density at radius 2 is 1.76 bits per heavy atom. The number of benzene rings is 2. The molecule has 1 amide bonds. The molecule has 0 aromatic heterocycles. The summed E-state index contributed by atoms with van der Waals surface area (Å²) < 4.78 is 13.4.